The Kier molecular flexibility index (Phi) is 4.71. The second kappa shape index (κ2) is 6.93. The zero-order valence-electron chi connectivity index (χ0n) is 14.1. The highest BCUT2D eigenvalue weighted by Crippen LogP contribution is 2.31. The summed E-state index contributed by atoms with van der Waals surface area (Å²) < 4.78 is 0. The maximum Gasteiger partial charge on any atom is 0.270 e. The van der Waals surface area contributed by atoms with Crippen LogP contribution in [0.1, 0.15) is 35.7 Å². The Balaban J connectivity index is 2.04. The van der Waals surface area contributed by atoms with E-state index in [1.165, 1.54) is 0 Å². The molecule has 0 unspecified atom stereocenters. The Hall–Kier alpha value is -2.53. The van der Waals surface area contributed by atoms with Gasteiger partial charge in [-0.3, -0.25) is 15.6 Å². The molecule has 0 fully saturated rings. The average molecular weight is 324 g/mol. The van der Waals surface area contributed by atoms with Gasteiger partial charge < -0.3 is 10.6 Å². The molecule has 0 saturated carbocycles. The van der Waals surface area contributed by atoms with Gasteiger partial charge in [0.1, 0.15) is 0 Å². The smallest absolute Gasteiger partial charge is 0.270 e. The lowest BCUT2D eigenvalue weighted by Crippen LogP contribution is -2.40. The first-order chi connectivity index (χ1) is 11.7. The van der Waals surface area contributed by atoms with Gasteiger partial charge in [-0.15, -0.1) is 0 Å². The number of carbonyl (C=O) groups excluding carboxylic acids is 1. The first kappa shape index (κ1) is 16.3. The van der Waals surface area contributed by atoms with Crippen LogP contribution in [0.15, 0.2) is 36.9 Å². The molecular formula is C19H24N4O. The number of hydrogen-bond donors (Lipinski definition) is 3. The molecule has 1 aliphatic heterocycles. The molecule has 4 N–H and O–H groups in total. The third-order valence-electron chi connectivity index (χ3n) is 4.51. The summed E-state index contributed by atoms with van der Waals surface area (Å²) in [5.41, 5.74) is 14.5. The van der Waals surface area contributed by atoms with E-state index < -0.39 is 0 Å². The third kappa shape index (κ3) is 2.95. The fourth-order valence-corrected chi connectivity index (χ4v) is 3.20. The Labute approximate surface area is 142 Å². The molecule has 2 aromatic rings. The number of amides is 1. The van der Waals surface area contributed by atoms with Crippen LogP contribution in [-0.4, -0.2) is 25.5 Å². The molecule has 5 heteroatoms. The van der Waals surface area contributed by atoms with Gasteiger partial charge in [0.05, 0.1) is 11.3 Å². The van der Waals surface area contributed by atoms with Crippen molar-refractivity contribution in [3.8, 4) is 0 Å². The van der Waals surface area contributed by atoms with Gasteiger partial charge in [0, 0.05) is 24.3 Å². The number of hydrogen-bond acceptors (Lipinski definition) is 4. The summed E-state index contributed by atoms with van der Waals surface area (Å²) in [6.45, 7) is 8.84. The molecule has 5 nitrogen and oxygen atoms in total. The summed E-state index contributed by atoms with van der Waals surface area (Å²) >= 11 is 0. The molecule has 0 saturated heterocycles. The number of hydrazine groups is 1. The molecule has 3 rings (SSSR count). The predicted octanol–water partition coefficient (Wildman–Crippen LogP) is 2.62. The highest BCUT2D eigenvalue weighted by molar-refractivity contribution is 6.09. The number of anilines is 1. The second-order valence-corrected chi connectivity index (χ2v) is 6.03. The van der Waals surface area contributed by atoms with Crippen molar-refractivity contribution in [3.63, 3.8) is 0 Å². The molecule has 0 atom stereocenters. The van der Waals surface area contributed by atoms with Gasteiger partial charge in [-0.2, -0.15) is 0 Å². The van der Waals surface area contributed by atoms with Crippen LogP contribution in [0.4, 0.5) is 5.69 Å². The van der Waals surface area contributed by atoms with Crippen LogP contribution in [0.5, 0.6) is 0 Å². The van der Waals surface area contributed by atoms with Crippen molar-refractivity contribution in [2.24, 2.45) is 5.73 Å². The monoisotopic (exact) mass is 324 g/mol. The topological polar surface area (TPSA) is 70.4 Å². The molecule has 1 aliphatic rings. The fourth-order valence-electron chi connectivity index (χ4n) is 3.20. The molecule has 0 bridgehead atoms. The molecule has 0 spiro atoms. The van der Waals surface area contributed by atoms with E-state index in [0.29, 0.717) is 5.56 Å². The molecular weight excluding hydrogens is 300 g/mol. The number of nitrogens with two attached hydrogens (primary N) is 1. The lowest BCUT2D eigenvalue weighted by atomic mass is 9.95. The first-order valence-corrected chi connectivity index (χ1v) is 8.43. The van der Waals surface area contributed by atoms with Gasteiger partial charge in [0.25, 0.3) is 5.91 Å². The first-order valence-electron chi connectivity index (χ1n) is 8.43. The number of nitrogens with one attached hydrogen (secondary N) is 2. The number of rotatable bonds is 6. The minimum absolute atomic E-state index is 0.125. The minimum atomic E-state index is -0.125. The molecule has 126 valence electrons. The number of fused-ring (bicyclic) bond motifs is 3. The lowest BCUT2D eigenvalue weighted by Gasteiger charge is -2.26. The molecule has 2 aromatic carbocycles. The summed E-state index contributed by atoms with van der Waals surface area (Å²) in [7, 11) is 0. The number of nitrogens with zero attached hydrogens (tertiary/aromatic N) is 1. The van der Waals surface area contributed by atoms with Gasteiger partial charge in [-0.25, -0.2) is 0 Å². The van der Waals surface area contributed by atoms with E-state index in [2.05, 4.69) is 47.5 Å². The molecule has 24 heavy (non-hydrogen) atoms. The van der Waals surface area contributed by atoms with Gasteiger partial charge in [-0.05, 0) is 55.3 Å². The van der Waals surface area contributed by atoms with Gasteiger partial charge in [-0.1, -0.05) is 18.7 Å². The summed E-state index contributed by atoms with van der Waals surface area (Å²) in [6, 6.07) is 10.3. The summed E-state index contributed by atoms with van der Waals surface area (Å²) in [4.78, 5) is 14.4. The Morgan fingerprint density at radius 2 is 1.96 bits per heavy atom. The van der Waals surface area contributed by atoms with Crippen LogP contribution in [0.25, 0.3) is 16.5 Å². The van der Waals surface area contributed by atoms with Gasteiger partial charge in [0.15, 0.2) is 0 Å². The van der Waals surface area contributed by atoms with E-state index in [9.17, 15) is 4.79 Å². The second-order valence-electron chi connectivity index (χ2n) is 6.03. The van der Waals surface area contributed by atoms with E-state index >= 15 is 0 Å². The maximum absolute atomic E-state index is 12.1. The van der Waals surface area contributed by atoms with Crippen molar-refractivity contribution >= 4 is 28.1 Å². The van der Waals surface area contributed by atoms with Crippen molar-refractivity contribution in [1.29, 1.82) is 0 Å². The maximum atomic E-state index is 12.1. The van der Waals surface area contributed by atoms with Crippen molar-refractivity contribution in [3.05, 3.63) is 48.0 Å². The van der Waals surface area contributed by atoms with Crippen molar-refractivity contribution in [2.75, 3.05) is 24.5 Å². The van der Waals surface area contributed by atoms with E-state index in [1.807, 2.05) is 12.1 Å². The standard InChI is InChI=1S/C19H24N4O/c1-3-23(11-5-4-10-20)15-8-6-14-7-9-16-18(17(14)12-15)13(2)21-22-19(16)24/h6-9,12,21H,2-5,10-11,20H2,1H3,(H,22,24). The Morgan fingerprint density at radius 3 is 2.71 bits per heavy atom. The zero-order chi connectivity index (χ0) is 17.1. The number of benzene rings is 2. The van der Waals surface area contributed by atoms with E-state index in [4.69, 9.17) is 5.73 Å². The largest absolute Gasteiger partial charge is 0.372 e. The molecule has 1 amide bonds. The van der Waals surface area contributed by atoms with E-state index in [1.54, 1.807) is 0 Å². The number of unbranched alkanes of at least 4 members (excludes halogenated alkanes) is 1. The quantitative estimate of drug-likeness (QED) is 0.715. The van der Waals surface area contributed by atoms with Crippen LogP contribution in [0.2, 0.25) is 0 Å². The van der Waals surface area contributed by atoms with Crippen LogP contribution in [0, 0.1) is 0 Å². The Bertz CT molecular complexity index is 784. The molecule has 1 heterocycles. The molecule has 0 aromatic heterocycles. The SMILES string of the molecule is C=C1NNC(=O)c2ccc3ccc(N(CC)CCCCN)cc3c21. The van der Waals surface area contributed by atoms with Crippen molar-refractivity contribution in [1.82, 2.24) is 10.9 Å². The molecule has 0 aliphatic carbocycles. The van der Waals surface area contributed by atoms with Crippen LogP contribution < -0.4 is 21.5 Å². The molecule has 0 radical (unpaired) electrons. The van der Waals surface area contributed by atoms with Crippen LogP contribution in [-0.2, 0) is 0 Å². The highest BCUT2D eigenvalue weighted by atomic mass is 16.2. The number of carbonyl (C=O) groups is 1. The average Bonchev–Trinajstić information content (AvgIpc) is 2.61. The third-order valence-corrected chi connectivity index (χ3v) is 4.51. The lowest BCUT2D eigenvalue weighted by molar-refractivity contribution is 0.0937. The highest BCUT2D eigenvalue weighted by Gasteiger charge is 2.21. The normalized spacial score (nSPS) is 13.4. The van der Waals surface area contributed by atoms with E-state index in [-0.39, 0.29) is 5.91 Å². The van der Waals surface area contributed by atoms with Crippen LogP contribution >= 0.6 is 0 Å². The summed E-state index contributed by atoms with van der Waals surface area (Å²) in [6.07, 6.45) is 2.10. The summed E-state index contributed by atoms with van der Waals surface area (Å²) in [5, 5.41) is 2.16. The fraction of sp³-hybridized carbons (Fsp3) is 0.316. The summed E-state index contributed by atoms with van der Waals surface area (Å²) in [5.74, 6) is -0.125. The van der Waals surface area contributed by atoms with Crippen LogP contribution in [0.3, 0.4) is 0 Å². The van der Waals surface area contributed by atoms with Gasteiger partial charge >= 0.3 is 0 Å². The Morgan fingerprint density at radius 1 is 1.17 bits per heavy atom. The zero-order valence-corrected chi connectivity index (χ0v) is 14.1. The van der Waals surface area contributed by atoms with Crippen molar-refractivity contribution < 1.29 is 4.79 Å². The minimum Gasteiger partial charge on any atom is -0.372 e. The van der Waals surface area contributed by atoms with Gasteiger partial charge in [0.2, 0.25) is 0 Å². The van der Waals surface area contributed by atoms with Crippen molar-refractivity contribution in [2.45, 2.75) is 19.8 Å². The van der Waals surface area contributed by atoms with E-state index in [0.717, 1.165) is 60.2 Å². The predicted molar refractivity (Wildman–Crippen MR) is 99.8 cm³/mol.